The molecule has 1 aliphatic rings. The first-order valence-electron chi connectivity index (χ1n) is 5.87. The summed E-state index contributed by atoms with van der Waals surface area (Å²) in [5.41, 5.74) is 7.13. The van der Waals surface area contributed by atoms with E-state index in [1.165, 1.54) is 0 Å². The van der Waals surface area contributed by atoms with Gasteiger partial charge >= 0.3 is 5.97 Å². The molecule has 2 unspecified atom stereocenters. The molecule has 0 aliphatic carbocycles. The van der Waals surface area contributed by atoms with E-state index >= 15 is 0 Å². The number of hydrogen-bond acceptors (Lipinski definition) is 3. The summed E-state index contributed by atoms with van der Waals surface area (Å²) in [6.45, 7) is 2.05. The van der Waals surface area contributed by atoms with Gasteiger partial charge in [0.1, 0.15) is 6.04 Å². The molecule has 0 saturated carbocycles. The van der Waals surface area contributed by atoms with Crippen molar-refractivity contribution in [2.45, 2.75) is 19.4 Å². The van der Waals surface area contributed by atoms with Gasteiger partial charge in [0.2, 0.25) is 5.91 Å². The second-order valence-corrected chi connectivity index (χ2v) is 4.64. The Kier molecular flexibility index (Phi) is 3.23. The molecule has 0 fully saturated rings. The minimum absolute atomic E-state index is 0.337. The number of nitrogens with two attached hydrogens (primary N) is 1. The van der Waals surface area contributed by atoms with E-state index in [2.05, 4.69) is 0 Å². The fourth-order valence-corrected chi connectivity index (χ4v) is 2.28. The first-order chi connectivity index (χ1) is 8.50. The number of rotatable bonds is 4. The summed E-state index contributed by atoms with van der Waals surface area (Å²) in [6.07, 6.45) is 0.469. The predicted octanol–water partition coefficient (Wildman–Crippen LogP) is 0.624. The van der Waals surface area contributed by atoms with Crippen molar-refractivity contribution in [3.63, 3.8) is 0 Å². The van der Waals surface area contributed by atoms with E-state index in [9.17, 15) is 14.7 Å². The molecule has 1 aromatic carbocycles. The number of carbonyl (C=O) groups is 2. The molecule has 0 radical (unpaired) electrons. The van der Waals surface area contributed by atoms with Crippen LogP contribution in [0.3, 0.4) is 0 Å². The Morgan fingerprint density at radius 3 is 2.78 bits per heavy atom. The van der Waals surface area contributed by atoms with Crippen LogP contribution >= 0.6 is 0 Å². The van der Waals surface area contributed by atoms with Crippen molar-refractivity contribution in [2.24, 2.45) is 11.7 Å². The average molecular weight is 248 g/mol. The zero-order chi connectivity index (χ0) is 13.3. The Hall–Kier alpha value is -2.04. The van der Waals surface area contributed by atoms with Gasteiger partial charge in [-0.05, 0) is 11.6 Å². The number of aliphatic carboxylic acids is 1. The summed E-state index contributed by atoms with van der Waals surface area (Å²) in [7, 11) is 0. The van der Waals surface area contributed by atoms with E-state index in [4.69, 9.17) is 5.73 Å². The number of nitrogens with zero attached hydrogens (tertiary/aromatic N) is 1. The van der Waals surface area contributed by atoms with Crippen LogP contribution in [0.2, 0.25) is 0 Å². The van der Waals surface area contributed by atoms with Gasteiger partial charge in [0.15, 0.2) is 0 Å². The molecular formula is C13H16N2O3. The highest BCUT2D eigenvalue weighted by atomic mass is 16.4. The van der Waals surface area contributed by atoms with Crippen LogP contribution in [0.1, 0.15) is 12.5 Å². The van der Waals surface area contributed by atoms with Gasteiger partial charge in [0.25, 0.3) is 0 Å². The van der Waals surface area contributed by atoms with E-state index in [1.54, 1.807) is 11.8 Å². The topological polar surface area (TPSA) is 83.6 Å². The lowest BCUT2D eigenvalue weighted by Gasteiger charge is -2.26. The van der Waals surface area contributed by atoms with Crippen molar-refractivity contribution in [1.82, 2.24) is 0 Å². The second-order valence-electron chi connectivity index (χ2n) is 4.64. The second kappa shape index (κ2) is 4.68. The number of hydrogen-bond donors (Lipinski definition) is 2. The first-order valence-corrected chi connectivity index (χ1v) is 5.87. The number of fused-ring (bicyclic) bond motifs is 1. The monoisotopic (exact) mass is 248 g/mol. The third-order valence-corrected chi connectivity index (χ3v) is 3.33. The van der Waals surface area contributed by atoms with Crippen molar-refractivity contribution in [2.75, 3.05) is 11.4 Å². The summed E-state index contributed by atoms with van der Waals surface area (Å²) in [5, 5.41) is 9.25. The molecule has 1 heterocycles. The van der Waals surface area contributed by atoms with Gasteiger partial charge in [0.05, 0.1) is 5.92 Å². The number of benzene rings is 1. The van der Waals surface area contributed by atoms with Gasteiger partial charge in [0, 0.05) is 18.7 Å². The third-order valence-electron chi connectivity index (χ3n) is 3.33. The quantitative estimate of drug-likeness (QED) is 0.818. The molecule has 0 saturated heterocycles. The molecule has 96 valence electrons. The Labute approximate surface area is 105 Å². The Bertz CT molecular complexity index is 487. The summed E-state index contributed by atoms with van der Waals surface area (Å²) in [4.78, 5) is 24.2. The minimum Gasteiger partial charge on any atom is -0.480 e. The van der Waals surface area contributed by atoms with E-state index in [1.807, 2.05) is 24.3 Å². The molecule has 0 bridgehead atoms. The van der Waals surface area contributed by atoms with Gasteiger partial charge in [-0.1, -0.05) is 25.1 Å². The highest BCUT2D eigenvalue weighted by molar-refractivity contribution is 5.83. The van der Waals surface area contributed by atoms with E-state index in [0.717, 1.165) is 11.3 Å². The number of anilines is 1. The van der Waals surface area contributed by atoms with Crippen LogP contribution in [0.25, 0.3) is 0 Å². The SMILES string of the molecule is CC(CN1c2ccccc2CC1C(=O)O)C(N)=O. The van der Waals surface area contributed by atoms with Crippen LogP contribution in [0.4, 0.5) is 5.69 Å². The highest BCUT2D eigenvalue weighted by Crippen LogP contribution is 2.32. The van der Waals surface area contributed by atoms with Gasteiger partial charge in [-0.15, -0.1) is 0 Å². The molecule has 18 heavy (non-hydrogen) atoms. The maximum Gasteiger partial charge on any atom is 0.326 e. The summed E-state index contributed by atoms with van der Waals surface area (Å²) < 4.78 is 0. The maximum absolute atomic E-state index is 11.3. The van der Waals surface area contributed by atoms with Crippen molar-refractivity contribution in [3.8, 4) is 0 Å². The summed E-state index contributed by atoms with van der Waals surface area (Å²) in [5.74, 6) is -1.66. The summed E-state index contributed by atoms with van der Waals surface area (Å²) >= 11 is 0. The highest BCUT2D eigenvalue weighted by Gasteiger charge is 2.35. The Balaban J connectivity index is 2.28. The zero-order valence-corrected chi connectivity index (χ0v) is 10.2. The molecule has 0 spiro atoms. The fourth-order valence-electron chi connectivity index (χ4n) is 2.28. The summed E-state index contributed by atoms with van der Waals surface area (Å²) in [6, 6.07) is 6.94. The lowest BCUT2D eigenvalue weighted by Crippen LogP contribution is -2.43. The molecule has 5 nitrogen and oxygen atoms in total. The minimum atomic E-state index is -0.872. The van der Waals surface area contributed by atoms with Gasteiger partial charge in [-0.3, -0.25) is 4.79 Å². The Morgan fingerprint density at radius 1 is 1.50 bits per heavy atom. The number of amides is 1. The van der Waals surface area contributed by atoms with E-state index in [0.29, 0.717) is 13.0 Å². The van der Waals surface area contributed by atoms with E-state index < -0.39 is 17.9 Å². The lowest BCUT2D eigenvalue weighted by atomic mass is 10.1. The molecule has 3 N–H and O–H groups in total. The fraction of sp³-hybridized carbons (Fsp3) is 0.385. The predicted molar refractivity (Wildman–Crippen MR) is 67.3 cm³/mol. The Morgan fingerprint density at radius 2 is 2.17 bits per heavy atom. The van der Waals surface area contributed by atoms with Crippen molar-refractivity contribution >= 4 is 17.6 Å². The van der Waals surface area contributed by atoms with E-state index in [-0.39, 0.29) is 5.92 Å². The van der Waals surface area contributed by atoms with Crippen LogP contribution < -0.4 is 10.6 Å². The molecule has 1 aliphatic heterocycles. The molecule has 1 amide bonds. The van der Waals surface area contributed by atoms with Crippen molar-refractivity contribution in [3.05, 3.63) is 29.8 Å². The number of para-hydroxylation sites is 1. The normalized spacial score (nSPS) is 19.4. The molecule has 2 atom stereocenters. The standard InChI is InChI=1S/C13H16N2O3/c1-8(12(14)16)7-15-10-5-3-2-4-9(10)6-11(15)13(17)18/h2-5,8,11H,6-7H2,1H3,(H2,14,16)(H,17,18). The van der Waals surface area contributed by atoms with Crippen LogP contribution in [0, 0.1) is 5.92 Å². The third kappa shape index (κ3) is 2.16. The smallest absolute Gasteiger partial charge is 0.326 e. The molecule has 5 heteroatoms. The van der Waals surface area contributed by atoms with Crippen LogP contribution in [0.15, 0.2) is 24.3 Å². The van der Waals surface area contributed by atoms with Gasteiger partial charge < -0.3 is 15.7 Å². The molecule has 1 aromatic rings. The molecule has 0 aromatic heterocycles. The molecular weight excluding hydrogens is 232 g/mol. The van der Waals surface area contributed by atoms with Crippen LogP contribution in [-0.2, 0) is 16.0 Å². The first kappa shape index (κ1) is 12.4. The maximum atomic E-state index is 11.3. The van der Waals surface area contributed by atoms with Crippen molar-refractivity contribution in [1.29, 1.82) is 0 Å². The number of carbonyl (C=O) groups excluding carboxylic acids is 1. The van der Waals surface area contributed by atoms with Crippen molar-refractivity contribution < 1.29 is 14.7 Å². The average Bonchev–Trinajstić information content (AvgIpc) is 2.68. The van der Waals surface area contributed by atoms with Crippen LogP contribution in [-0.4, -0.2) is 29.6 Å². The number of carboxylic acids is 1. The molecule has 2 rings (SSSR count). The van der Waals surface area contributed by atoms with Gasteiger partial charge in [-0.2, -0.15) is 0 Å². The number of carboxylic acid groups (broad SMARTS) is 1. The number of primary amides is 1. The lowest BCUT2D eigenvalue weighted by molar-refractivity contribution is -0.138. The largest absolute Gasteiger partial charge is 0.480 e. The van der Waals surface area contributed by atoms with Gasteiger partial charge in [-0.25, -0.2) is 4.79 Å². The zero-order valence-electron chi connectivity index (χ0n) is 10.2. The van der Waals surface area contributed by atoms with Crippen LogP contribution in [0.5, 0.6) is 0 Å².